The molecule has 0 radical (unpaired) electrons. The predicted molar refractivity (Wildman–Crippen MR) is 73.3 cm³/mol. The van der Waals surface area contributed by atoms with Crippen LogP contribution in [0, 0.1) is 17.2 Å². The molecule has 0 amide bonds. The molecule has 0 N–H and O–H groups in total. The number of nitriles is 1. The molecule has 0 aromatic heterocycles. The van der Waals surface area contributed by atoms with E-state index in [1.807, 2.05) is 13.0 Å². The fraction of sp³-hybridized carbons (Fsp3) is 0.429. The Bertz CT molecular complexity index is 518. The van der Waals surface area contributed by atoms with Crippen LogP contribution in [0.1, 0.15) is 24.8 Å². The van der Waals surface area contributed by atoms with E-state index in [2.05, 4.69) is 0 Å². The zero-order chi connectivity index (χ0) is 14.0. The number of benzene rings is 1. The highest BCUT2D eigenvalue weighted by Crippen LogP contribution is 2.35. The minimum absolute atomic E-state index is 0.115. The Labute approximate surface area is 122 Å². The second-order valence-corrected chi connectivity index (χ2v) is 5.47. The maximum absolute atomic E-state index is 12.4. The van der Waals surface area contributed by atoms with Crippen LogP contribution >= 0.6 is 23.2 Å². The molecule has 1 aromatic carbocycles. The van der Waals surface area contributed by atoms with Crippen molar-refractivity contribution in [3.05, 3.63) is 33.8 Å². The molecule has 2 rings (SSSR count). The molecule has 3 unspecified atom stereocenters. The van der Waals surface area contributed by atoms with E-state index in [0.717, 1.165) is 6.42 Å². The number of carbonyl (C=O) groups excluding carboxylic acids is 1. The highest BCUT2D eigenvalue weighted by molar-refractivity contribution is 6.36. The van der Waals surface area contributed by atoms with Crippen LogP contribution < -0.4 is 0 Å². The van der Waals surface area contributed by atoms with Crippen molar-refractivity contribution in [3.63, 3.8) is 0 Å². The van der Waals surface area contributed by atoms with Gasteiger partial charge in [0.1, 0.15) is 12.0 Å². The van der Waals surface area contributed by atoms with Crippen LogP contribution in [0.2, 0.25) is 10.0 Å². The van der Waals surface area contributed by atoms with E-state index in [-0.39, 0.29) is 11.7 Å². The van der Waals surface area contributed by atoms with Crippen molar-refractivity contribution >= 4 is 29.0 Å². The smallest absolute Gasteiger partial charge is 0.183 e. The third kappa shape index (κ3) is 2.76. The number of nitrogens with zero attached hydrogens (tertiary/aromatic N) is 1. The molecule has 19 heavy (non-hydrogen) atoms. The van der Waals surface area contributed by atoms with E-state index < -0.39 is 12.0 Å². The summed E-state index contributed by atoms with van der Waals surface area (Å²) in [6, 6.07) is 6.93. The number of hydrogen-bond acceptors (Lipinski definition) is 3. The van der Waals surface area contributed by atoms with Gasteiger partial charge in [0.15, 0.2) is 5.78 Å². The van der Waals surface area contributed by atoms with Crippen molar-refractivity contribution in [3.8, 4) is 6.07 Å². The normalized spacial score (nSPS) is 23.9. The molecule has 0 bridgehead atoms. The van der Waals surface area contributed by atoms with Gasteiger partial charge in [-0.1, -0.05) is 36.2 Å². The van der Waals surface area contributed by atoms with Crippen LogP contribution in [0.15, 0.2) is 18.2 Å². The number of halogens is 2. The Kier molecular flexibility index (Phi) is 4.46. The summed E-state index contributed by atoms with van der Waals surface area (Å²) in [6.07, 6.45) is 0.280. The highest BCUT2D eigenvalue weighted by atomic mass is 35.5. The van der Waals surface area contributed by atoms with E-state index in [1.54, 1.807) is 18.2 Å². The molecule has 100 valence electrons. The summed E-state index contributed by atoms with van der Waals surface area (Å²) in [5.74, 6) is -1.13. The average molecular weight is 298 g/mol. The van der Waals surface area contributed by atoms with Crippen molar-refractivity contribution in [1.82, 2.24) is 0 Å². The molecule has 5 heteroatoms. The zero-order valence-electron chi connectivity index (χ0n) is 10.4. The Morgan fingerprint density at radius 1 is 1.47 bits per heavy atom. The number of ether oxygens (including phenoxy) is 1. The third-order valence-corrected chi connectivity index (χ3v) is 4.03. The fourth-order valence-electron chi connectivity index (χ4n) is 2.28. The van der Waals surface area contributed by atoms with Gasteiger partial charge in [-0.05, 0) is 24.5 Å². The summed E-state index contributed by atoms with van der Waals surface area (Å²) >= 11 is 12.1. The molecule has 1 saturated heterocycles. The molecule has 1 aromatic rings. The van der Waals surface area contributed by atoms with E-state index in [9.17, 15) is 10.1 Å². The molecule has 0 saturated carbocycles. The maximum atomic E-state index is 12.4. The lowest BCUT2D eigenvalue weighted by Crippen LogP contribution is -2.30. The molecule has 1 heterocycles. The van der Waals surface area contributed by atoms with Crippen LogP contribution in [0.4, 0.5) is 0 Å². The van der Waals surface area contributed by atoms with E-state index in [0.29, 0.717) is 22.2 Å². The van der Waals surface area contributed by atoms with Gasteiger partial charge in [-0.15, -0.1) is 0 Å². The summed E-state index contributed by atoms with van der Waals surface area (Å²) in [5.41, 5.74) is 0.376. The SMILES string of the molecule is CC1CCOC1C(=O)C(C#N)c1c(Cl)cccc1Cl. The van der Waals surface area contributed by atoms with Crippen molar-refractivity contribution in [2.24, 2.45) is 5.92 Å². The van der Waals surface area contributed by atoms with Crippen molar-refractivity contribution in [2.75, 3.05) is 6.61 Å². The molecule has 1 fully saturated rings. The van der Waals surface area contributed by atoms with Crippen molar-refractivity contribution in [1.29, 1.82) is 5.26 Å². The Morgan fingerprint density at radius 3 is 2.58 bits per heavy atom. The summed E-state index contributed by atoms with van der Waals surface area (Å²) in [5, 5.41) is 9.96. The predicted octanol–water partition coefficient (Wildman–Crippen LogP) is 3.59. The largest absolute Gasteiger partial charge is 0.370 e. The fourth-order valence-corrected chi connectivity index (χ4v) is 2.90. The summed E-state index contributed by atoms with van der Waals surface area (Å²) in [6.45, 7) is 2.49. The Balaban J connectivity index is 2.35. The second kappa shape index (κ2) is 5.92. The van der Waals surface area contributed by atoms with Crippen molar-refractivity contribution in [2.45, 2.75) is 25.4 Å². The average Bonchev–Trinajstić information content (AvgIpc) is 2.79. The van der Waals surface area contributed by atoms with Crippen LogP contribution in [0.5, 0.6) is 0 Å². The van der Waals surface area contributed by atoms with E-state index in [4.69, 9.17) is 27.9 Å². The molecule has 0 spiro atoms. The number of hydrogen-bond donors (Lipinski definition) is 0. The quantitative estimate of drug-likeness (QED) is 0.856. The van der Waals surface area contributed by atoms with Gasteiger partial charge in [-0.25, -0.2) is 0 Å². The highest BCUT2D eigenvalue weighted by Gasteiger charge is 2.37. The van der Waals surface area contributed by atoms with Gasteiger partial charge >= 0.3 is 0 Å². The molecule has 3 atom stereocenters. The summed E-state index contributed by atoms with van der Waals surface area (Å²) < 4.78 is 5.42. The monoisotopic (exact) mass is 297 g/mol. The topological polar surface area (TPSA) is 50.1 Å². The molecule has 1 aliphatic heterocycles. The summed E-state index contributed by atoms with van der Waals surface area (Å²) in [7, 11) is 0. The van der Waals surface area contributed by atoms with Crippen LogP contribution in [-0.4, -0.2) is 18.5 Å². The van der Waals surface area contributed by atoms with E-state index >= 15 is 0 Å². The molecule has 0 aliphatic carbocycles. The van der Waals surface area contributed by atoms with Crippen LogP contribution in [0.25, 0.3) is 0 Å². The first-order chi connectivity index (χ1) is 9.06. The molecular formula is C14H13Cl2NO2. The van der Waals surface area contributed by atoms with Gasteiger partial charge < -0.3 is 4.74 Å². The van der Waals surface area contributed by atoms with Gasteiger partial charge in [0, 0.05) is 22.2 Å². The number of ketones is 1. The van der Waals surface area contributed by atoms with Crippen LogP contribution in [0.3, 0.4) is 0 Å². The van der Waals surface area contributed by atoms with E-state index in [1.165, 1.54) is 0 Å². The number of carbonyl (C=O) groups is 1. The number of rotatable bonds is 3. The minimum Gasteiger partial charge on any atom is -0.370 e. The lowest BCUT2D eigenvalue weighted by atomic mass is 9.88. The standard InChI is InChI=1S/C14H13Cl2NO2/c1-8-5-6-19-14(8)13(18)9(7-17)12-10(15)3-2-4-11(12)16/h2-4,8-9,14H,5-6H2,1H3. The Hall–Kier alpha value is -1.08. The molecular weight excluding hydrogens is 285 g/mol. The lowest BCUT2D eigenvalue weighted by Gasteiger charge is -2.18. The van der Waals surface area contributed by atoms with Gasteiger partial charge in [-0.2, -0.15) is 5.26 Å². The van der Waals surface area contributed by atoms with Crippen molar-refractivity contribution < 1.29 is 9.53 Å². The molecule has 3 nitrogen and oxygen atoms in total. The third-order valence-electron chi connectivity index (χ3n) is 3.37. The Morgan fingerprint density at radius 2 is 2.11 bits per heavy atom. The van der Waals surface area contributed by atoms with Gasteiger partial charge in [-0.3, -0.25) is 4.79 Å². The first-order valence-electron chi connectivity index (χ1n) is 6.05. The maximum Gasteiger partial charge on any atom is 0.183 e. The molecule has 1 aliphatic rings. The lowest BCUT2D eigenvalue weighted by molar-refractivity contribution is -0.129. The first-order valence-corrected chi connectivity index (χ1v) is 6.80. The first kappa shape index (κ1) is 14.3. The van der Waals surface area contributed by atoms with Gasteiger partial charge in [0.25, 0.3) is 0 Å². The van der Waals surface area contributed by atoms with Gasteiger partial charge in [0.2, 0.25) is 0 Å². The second-order valence-electron chi connectivity index (χ2n) is 4.66. The van der Waals surface area contributed by atoms with Gasteiger partial charge in [0.05, 0.1) is 6.07 Å². The zero-order valence-corrected chi connectivity index (χ0v) is 11.9. The summed E-state index contributed by atoms with van der Waals surface area (Å²) in [4.78, 5) is 12.4. The number of Topliss-reactive ketones (excluding diaryl/α,β-unsaturated/α-hetero) is 1. The minimum atomic E-state index is -0.980. The van der Waals surface area contributed by atoms with Crippen LogP contribution in [-0.2, 0) is 9.53 Å².